The zero-order chi connectivity index (χ0) is 16.8. The third kappa shape index (κ3) is 4.64. The number of thiophene rings is 1. The lowest BCUT2D eigenvalue weighted by atomic mass is 10.1. The molecule has 0 unspecified atom stereocenters. The molecule has 2 aromatic rings. The van der Waals surface area contributed by atoms with Crippen molar-refractivity contribution in [3.8, 4) is 10.4 Å². The highest BCUT2D eigenvalue weighted by Gasteiger charge is 2.12. The molecule has 1 aromatic carbocycles. The number of aliphatic hydroxyl groups excluding tert-OH is 1. The van der Waals surface area contributed by atoms with Crippen molar-refractivity contribution in [3.63, 3.8) is 0 Å². The van der Waals surface area contributed by atoms with E-state index in [2.05, 4.69) is 5.32 Å². The molecule has 0 saturated carbocycles. The summed E-state index contributed by atoms with van der Waals surface area (Å²) < 4.78 is 4.97. The fourth-order valence-corrected chi connectivity index (χ4v) is 2.84. The summed E-state index contributed by atoms with van der Waals surface area (Å²) in [6.45, 7) is 3.95. The van der Waals surface area contributed by atoms with Crippen LogP contribution in [0.1, 0.15) is 33.9 Å². The molecule has 1 atom stereocenters. The van der Waals surface area contributed by atoms with Crippen molar-refractivity contribution in [1.29, 1.82) is 0 Å². The minimum Gasteiger partial charge on any atom is -0.462 e. The van der Waals surface area contributed by atoms with E-state index < -0.39 is 6.10 Å². The highest BCUT2D eigenvalue weighted by molar-refractivity contribution is 7.17. The van der Waals surface area contributed by atoms with Crippen LogP contribution in [0.5, 0.6) is 0 Å². The maximum Gasteiger partial charge on any atom is 0.348 e. The van der Waals surface area contributed by atoms with E-state index in [0.29, 0.717) is 17.0 Å². The third-order valence-corrected chi connectivity index (χ3v) is 4.19. The molecule has 1 heterocycles. The Hall–Kier alpha value is -2.18. The van der Waals surface area contributed by atoms with Gasteiger partial charge in [0.25, 0.3) is 5.91 Å². The number of hydrogen-bond donors (Lipinski definition) is 2. The quantitative estimate of drug-likeness (QED) is 0.797. The smallest absolute Gasteiger partial charge is 0.348 e. The average molecular weight is 333 g/mol. The van der Waals surface area contributed by atoms with Crippen LogP contribution < -0.4 is 5.32 Å². The van der Waals surface area contributed by atoms with Crippen molar-refractivity contribution in [2.45, 2.75) is 20.0 Å². The van der Waals surface area contributed by atoms with Crippen molar-refractivity contribution in [3.05, 3.63) is 46.8 Å². The second-order valence-corrected chi connectivity index (χ2v) is 6.10. The fraction of sp³-hybridized carbons (Fsp3) is 0.294. The van der Waals surface area contributed by atoms with Crippen molar-refractivity contribution in [2.75, 3.05) is 13.2 Å². The predicted octanol–water partition coefficient (Wildman–Crippen LogP) is 2.70. The summed E-state index contributed by atoms with van der Waals surface area (Å²) in [6, 6.07) is 10.7. The number of esters is 1. The Kier molecular flexibility index (Phi) is 5.90. The molecule has 0 saturated heterocycles. The maximum absolute atomic E-state index is 11.9. The summed E-state index contributed by atoms with van der Waals surface area (Å²) in [4.78, 5) is 25.0. The van der Waals surface area contributed by atoms with Crippen LogP contribution in [0.15, 0.2) is 36.4 Å². The molecule has 0 radical (unpaired) electrons. The number of hydrogen-bond acceptors (Lipinski definition) is 5. The highest BCUT2D eigenvalue weighted by atomic mass is 32.1. The van der Waals surface area contributed by atoms with Gasteiger partial charge in [0, 0.05) is 17.0 Å². The number of aliphatic hydroxyl groups is 1. The molecular weight excluding hydrogens is 314 g/mol. The number of nitrogens with one attached hydrogen (secondary N) is 1. The van der Waals surface area contributed by atoms with Crippen molar-refractivity contribution < 1.29 is 19.4 Å². The van der Waals surface area contributed by atoms with Gasteiger partial charge in [0.15, 0.2) is 0 Å². The lowest BCUT2D eigenvalue weighted by molar-refractivity contribution is 0.0532. The maximum atomic E-state index is 11.9. The SMILES string of the molecule is CCOC(=O)c1ccc(-c2ccc(C(=O)NC[C@@H](C)O)cc2)s1. The highest BCUT2D eigenvalue weighted by Crippen LogP contribution is 2.28. The van der Waals surface area contributed by atoms with Crippen molar-refractivity contribution in [2.24, 2.45) is 0 Å². The van der Waals surface area contributed by atoms with Crippen LogP contribution in [0, 0.1) is 0 Å². The normalized spacial score (nSPS) is 11.8. The van der Waals surface area contributed by atoms with E-state index in [0.717, 1.165) is 10.4 Å². The van der Waals surface area contributed by atoms with Crippen LogP contribution in [0.3, 0.4) is 0 Å². The standard InChI is InChI=1S/C17H19NO4S/c1-3-22-17(21)15-9-8-14(23-15)12-4-6-13(7-5-12)16(20)18-10-11(2)19/h4-9,11,19H,3,10H2,1-2H3,(H,18,20)/t11-/m1/s1. The monoisotopic (exact) mass is 333 g/mol. The molecule has 0 aliphatic heterocycles. The number of carbonyl (C=O) groups is 2. The van der Waals surface area contributed by atoms with Gasteiger partial charge in [0.05, 0.1) is 12.7 Å². The van der Waals surface area contributed by atoms with Gasteiger partial charge < -0.3 is 15.2 Å². The number of benzene rings is 1. The minimum absolute atomic E-state index is 0.217. The van der Waals surface area contributed by atoms with Gasteiger partial charge in [-0.05, 0) is 43.7 Å². The van der Waals surface area contributed by atoms with E-state index in [-0.39, 0.29) is 18.4 Å². The fourth-order valence-electron chi connectivity index (χ4n) is 1.93. The van der Waals surface area contributed by atoms with Crippen molar-refractivity contribution >= 4 is 23.2 Å². The van der Waals surface area contributed by atoms with Crippen LogP contribution in [0.2, 0.25) is 0 Å². The Labute approximate surface area is 138 Å². The largest absolute Gasteiger partial charge is 0.462 e. The van der Waals surface area contributed by atoms with Gasteiger partial charge in [0.1, 0.15) is 4.88 Å². The summed E-state index contributed by atoms with van der Waals surface area (Å²) in [5, 5.41) is 11.8. The number of amides is 1. The van der Waals surface area contributed by atoms with Gasteiger partial charge in [0.2, 0.25) is 0 Å². The van der Waals surface area contributed by atoms with Gasteiger partial charge in [-0.15, -0.1) is 11.3 Å². The zero-order valence-corrected chi connectivity index (χ0v) is 13.9. The molecule has 1 amide bonds. The van der Waals surface area contributed by atoms with Gasteiger partial charge in [-0.2, -0.15) is 0 Å². The first-order valence-corrected chi connectivity index (χ1v) is 8.16. The molecule has 0 bridgehead atoms. The second-order valence-electron chi connectivity index (χ2n) is 5.02. The molecule has 2 rings (SSSR count). The first kappa shape index (κ1) is 17.2. The lowest BCUT2D eigenvalue weighted by Crippen LogP contribution is -2.30. The molecule has 5 nitrogen and oxygen atoms in total. The minimum atomic E-state index is -0.578. The molecule has 0 aliphatic rings. The van der Waals surface area contributed by atoms with Gasteiger partial charge in [-0.1, -0.05) is 12.1 Å². The van der Waals surface area contributed by atoms with Crippen LogP contribution in [0.25, 0.3) is 10.4 Å². The van der Waals surface area contributed by atoms with Crippen molar-refractivity contribution in [1.82, 2.24) is 5.32 Å². The summed E-state index contributed by atoms with van der Waals surface area (Å²) >= 11 is 1.35. The van der Waals surface area contributed by atoms with Crippen LogP contribution in [0.4, 0.5) is 0 Å². The third-order valence-electron chi connectivity index (χ3n) is 3.07. The van der Waals surface area contributed by atoms with E-state index in [1.165, 1.54) is 11.3 Å². The van der Waals surface area contributed by atoms with Crippen LogP contribution >= 0.6 is 11.3 Å². The van der Waals surface area contributed by atoms with E-state index in [1.54, 1.807) is 32.0 Å². The Bertz CT molecular complexity index is 676. The van der Waals surface area contributed by atoms with E-state index >= 15 is 0 Å². The Balaban J connectivity index is 2.07. The Morgan fingerprint density at radius 3 is 2.52 bits per heavy atom. The first-order valence-electron chi connectivity index (χ1n) is 7.35. The summed E-state index contributed by atoms with van der Waals surface area (Å²) in [7, 11) is 0. The predicted molar refractivity (Wildman–Crippen MR) is 89.7 cm³/mol. The van der Waals surface area contributed by atoms with Gasteiger partial charge >= 0.3 is 5.97 Å². The van der Waals surface area contributed by atoms with E-state index in [4.69, 9.17) is 4.74 Å². The van der Waals surface area contributed by atoms with Crippen LogP contribution in [-0.2, 0) is 4.74 Å². The number of ether oxygens (including phenoxy) is 1. The molecule has 0 spiro atoms. The van der Waals surface area contributed by atoms with Gasteiger partial charge in [-0.3, -0.25) is 4.79 Å². The average Bonchev–Trinajstić information content (AvgIpc) is 3.03. The second kappa shape index (κ2) is 7.89. The first-order chi connectivity index (χ1) is 11.0. The summed E-state index contributed by atoms with van der Waals surface area (Å²) in [5.74, 6) is -0.547. The Morgan fingerprint density at radius 2 is 1.91 bits per heavy atom. The molecule has 0 aliphatic carbocycles. The number of carbonyl (C=O) groups excluding carboxylic acids is 2. The Morgan fingerprint density at radius 1 is 1.22 bits per heavy atom. The molecule has 0 fully saturated rings. The zero-order valence-electron chi connectivity index (χ0n) is 13.0. The molecule has 122 valence electrons. The topological polar surface area (TPSA) is 75.6 Å². The lowest BCUT2D eigenvalue weighted by Gasteiger charge is -2.07. The molecule has 2 N–H and O–H groups in total. The molecule has 23 heavy (non-hydrogen) atoms. The van der Waals surface area contributed by atoms with E-state index in [1.807, 2.05) is 18.2 Å². The van der Waals surface area contributed by atoms with Gasteiger partial charge in [-0.25, -0.2) is 4.79 Å². The molecular formula is C17H19NO4S. The van der Waals surface area contributed by atoms with Crippen LogP contribution in [-0.4, -0.2) is 36.2 Å². The van der Waals surface area contributed by atoms with E-state index in [9.17, 15) is 14.7 Å². The molecule has 1 aromatic heterocycles. The molecule has 6 heteroatoms. The summed E-state index contributed by atoms with van der Waals surface area (Å²) in [6.07, 6.45) is -0.578. The summed E-state index contributed by atoms with van der Waals surface area (Å²) in [5.41, 5.74) is 1.45. The number of rotatable bonds is 6.